The second-order valence-electron chi connectivity index (χ2n) is 4.74. The zero-order chi connectivity index (χ0) is 17.6. The average molecular weight is 344 g/mol. The van der Waals surface area contributed by atoms with E-state index in [4.69, 9.17) is 10.5 Å². The predicted octanol–water partition coefficient (Wildman–Crippen LogP) is 1.12. The Morgan fingerprint density at radius 1 is 1.12 bits per heavy atom. The molecule has 2 rings (SSSR count). The first kappa shape index (κ1) is 17.5. The molecule has 0 heterocycles. The van der Waals surface area contributed by atoms with Crippen LogP contribution in [0.5, 0.6) is 5.75 Å². The molecule has 0 aliphatic carbocycles. The molecule has 0 aliphatic rings. The minimum atomic E-state index is -3.63. The lowest BCUT2D eigenvalue weighted by atomic mass is 10.1. The maximum Gasteiger partial charge on any atom is 0.248 e. The molecule has 2 aromatic carbocycles. The Kier molecular flexibility index (Phi) is 5.58. The van der Waals surface area contributed by atoms with Crippen LogP contribution >= 0.6 is 0 Å². The number of benzene rings is 2. The van der Waals surface area contributed by atoms with Gasteiger partial charge in [-0.25, -0.2) is 8.42 Å². The first-order valence-corrected chi connectivity index (χ1v) is 8.43. The number of primary amides is 1. The molecule has 0 unspecified atom stereocenters. The van der Waals surface area contributed by atoms with Crippen molar-refractivity contribution in [1.29, 1.82) is 0 Å². The van der Waals surface area contributed by atoms with Crippen molar-refractivity contribution in [2.45, 2.75) is 4.90 Å². The van der Waals surface area contributed by atoms with E-state index in [2.05, 4.69) is 16.6 Å². The fraction of sp³-hybridized carbons (Fsp3) is 0.118. The third-order valence-electron chi connectivity index (χ3n) is 3.12. The number of amides is 1. The number of carbonyl (C=O) groups is 1. The van der Waals surface area contributed by atoms with Crippen molar-refractivity contribution in [2.24, 2.45) is 5.73 Å². The molecule has 0 saturated heterocycles. The van der Waals surface area contributed by atoms with Gasteiger partial charge in [0.2, 0.25) is 15.9 Å². The van der Waals surface area contributed by atoms with Crippen LogP contribution in [0.4, 0.5) is 0 Å². The van der Waals surface area contributed by atoms with Crippen LogP contribution in [0.15, 0.2) is 53.4 Å². The van der Waals surface area contributed by atoms with Gasteiger partial charge in [-0.2, -0.15) is 4.72 Å². The van der Waals surface area contributed by atoms with Crippen molar-refractivity contribution in [3.63, 3.8) is 0 Å². The number of hydrogen-bond acceptors (Lipinski definition) is 4. The molecule has 0 aromatic heterocycles. The monoisotopic (exact) mass is 344 g/mol. The van der Waals surface area contributed by atoms with Crippen molar-refractivity contribution < 1.29 is 17.9 Å². The quantitative estimate of drug-likeness (QED) is 0.794. The molecule has 1 amide bonds. The van der Waals surface area contributed by atoms with Crippen LogP contribution in [0.25, 0.3) is 0 Å². The molecule has 2 aromatic rings. The van der Waals surface area contributed by atoms with Gasteiger partial charge in [0.1, 0.15) is 5.75 Å². The van der Waals surface area contributed by atoms with Gasteiger partial charge in [-0.15, -0.1) is 0 Å². The Labute approximate surface area is 140 Å². The highest BCUT2D eigenvalue weighted by molar-refractivity contribution is 7.89. The summed E-state index contributed by atoms with van der Waals surface area (Å²) in [6.45, 7) is -0.0358. The van der Waals surface area contributed by atoms with Gasteiger partial charge in [-0.05, 0) is 48.5 Å². The van der Waals surface area contributed by atoms with E-state index in [1.54, 1.807) is 36.4 Å². The van der Waals surface area contributed by atoms with Gasteiger partial charge in [0.25, 0.3) is 0 Å². The minimum Gasteiger partial charge on any atom is -0.497 e. The third-order valence-corrected chi connectivity index (χ3v) is 4.54. The Morgan fingerprint density at radius 2 is 1.75 bits per heavy atom. The number of carbonyl (C=O) groups excluding carboxylic acids is 1. The van der Waals surface area contributed by atoms with Gasteiger partial charge < -0.3 is 10.5 Å². The van der Waals surface area contributed by atoms with Gasteiger partial charge in [-0.1, -0.05) is 11.8 Å². The molecule has 3 N–H and O–H groups in total. The number of ether oxygens (including phenoxy) is 1. The lowest BCUT2D eigenvalue weighted by Crippen LogP contribution is -2.23. The first-order valence-electron chi connectivity index (χ1n) is 6.95. The lowest BCUT2D eigenvalue weighted by molar-refractivity contribution is 0.100. The lowest BCUT2D eigenvalue weighted by Gasteiger charge is -2.05. The van der Waals surface area contributed by atoms with Gasteiger partial charge in [0.15, 0.2) is 0 Å². The van der Waals surface area contributed by atoms with Crippen LogP contribution in [0, 0.1) is 11.8 Å². The van der Waals surface area contributed by atoms with Gasteiger partial charge in [0, 0.05) is 11.1 Å². The predicted molar refractivity (Wildman–Crippen MR) is 90.0 cm³/mol. The van der Waals surface area contributed by atoms with E-state index in [9.17, 15) is 13.2 Å². The van der Waals surface area contributed by atoms with Crippen molar-refractivity contribution in [3.05, 3.63) is 59.7 Å². The van der Waals surface area contributed by atoms with Crippen LogP contribution in [-0.4, -0.2) is 28.0 Å². The molecule has 124 valence electrons. The number of hydrogen-bond donors (Lipinski definition) is 2. The standard InChI is InChI=1S/C17H16N2O4S/c1-23-15-8-10-16(11-9-15)24(21,22)19-12-2-3-13-4-6-14(7-5-13)17(18)20/h4-11,19H,12H2,1H3,(H2,18,20). The molecule has 0 saturated carbocycles. The largest absolute Gasteiger partial charge is 0.497 e. The van der Waals surface area contributed by atoms with Gasteiger partial charge >= 0.3 is 0 Å². The molecular formula is C17H16N2O4S. The van der Waals surface area contributed by atoms with Crippen LogP contribution in [0.3, 0.4) is 0 Å². The van der Waals surface area contributed by atoms with Crippen LogP contribution in [0.1, 0.15) is 15.9 Å². The highest BCUT2D eigenvalue weighted by Gasteiger charge is 2.12. The summed E-state index contributed by atoms with van der Waals surface area (Å²) in [4.78, 5) is 11.1. The number of rotatable bonds is 5. The van der Waals surface area contributed by atoms with E-state index < -0.39 is 15.9 Å². The van der Waals surface area contributed by atoms with Gasteiger partial charge in [-0.3, -0.25) is 4.79 Å². The number of nitrogens with two attached hydrogens (primary N) is 1. The molecule has 0 spiro atoms. The first-order chi connectivity index (χ1) is 11.4. The summed E-state index contributed by atoms with van der Waals surface area (Å²) >= 11 is 0. The molecule has 0 radical (unpaired) electrons. The summed E-state index contributed by atoms with van der Waals surface area (Å²) in [5.41, 5.74) is 6.19. The molecule has 0 aliphatic heterocycles. The Balaban J connectivity index is 1.99. The second-order valence-corrected chi connectivity index (χ2v) is 6.51. The number of methoxy groups -OCH3 is 1. The number of sulfonamides is 1. The van der Waals surface area contributed by atoms with E-state index in [1.807, 2.05) is 0 Å². The summed E-state index contributed by atoms with van der Waals surface area (Å²) in [6, 6.07) is 12.5. The van der Waals surface area contributed by atoms with Crippen molar-refractivity contribution in [1.82, 2.24) is 4.72 Å². The summed E-state index contributed by atoms with van der Waals surface area (Å²) in [5, 5.41) is 0. The zero-order valence-electron chi connectivity index (χ0n) is 12.9. The Morgan fingerprint density at radius 3 is 2.29 bits per heavy atom. The molecule has 6 nitrogen and oxygen atoms in total. The molecule has 0 bridgehead atoms. The van der Waals surface area contributed by atoms with Crippen molar-refractivity contribution in [2.75, 3.05) is 13.7 Å². The smallest absolute Gasteiger partial charge is 0.248 e. The van der Waals surface area contributed by atoms with E-state index in [1.165, 1.54) is 19.2 Å². The average Bonchev–Trinajstić information content (AvgIpc) is 2.59. The van der Waals surface area contributed by atoms with E-state index in [0.29, 0.717) is 16.9 Å². The zero-order valence-corrected chi connectivity index (χ0v) is 13.8. The summed E-state index contributed by atoms with van der Waals surface area (Å²) in [7, 11) is -2.12. The molecule has 0 atom stereocenters. The van der Waals surface area contributed by atoms with Crippen LogP contribution in [-0.2, 0) is 10.0 Å². The fourth-order valence-electron chi connectivity index (χ4n) is 1.83. The molecule has 0 fully saturated rings. The highest BCUT2D eigenvalue weighted by Crippen LogP contribution is 2.14. The maximum atomic E-state index is 12.1. The minimum absolute atomic E-state index is 0.0358. The van der Waals surface area contributed by atoms with E-state index in [0.717, 1.165) is 0 Å². The SMILES string of the molecule is COc1ccc(S(=O)(=O)NCC#Cc2ccc(C(N)=O)cc2)cc1. The normalized spacial score (nSPS) is 10.5. The summed E-state index contributed by atoms with van der Waals surface area (Å²) < 4.78 is 31.6. The second kappa shape index (κ2) is 7.64. The maximum absolute atomic E-state index is 12.1. The molecule has 7 heteroatoms. The van der Waals surface area contributed by atoms with Crippen LogP contribution < -0.4 is 15.2 Å². The van der Waals surface area contributed by atoms with E-state index >= 15 is 0 Å². The Hall–Kier alpha value is -2.82. The van der Waals surface area contributed by atoms with Crippen molar-refractivity contribution >= 4 is 15.9 Å². The van der Waals surface area contributed by atoms with Crippen molar-refractivity contribution in [3.8, 4) is 17.6 Å². The topological polar surface area (TPSA) is 98.5 Å². The summed E-state index contributed by atoms with van der Waals surface area (Å²) in [6.07, 6.45) is 0. The Bertz CT molecular complexity index is 877. The highest BCUT2D eigenvalue weighted by atomic mass is 32.2. The third kappa shape index (κ3) is 4.59. The van der Waals surface area contributed by atoms with Gasteiger partial charge in [0.05, 0.1) is 18.6 Å². The number of nitrogens with one attached hydrogen (secondary N) is 1. The molecular weight excluding hydrogens is 328 g/mol. The van der Waals surface area contributed by atoms with E-state index in [-0.39, 0.29) is 11.4 Å². The summed E-state index contributed by atoms with van der Waals surface area (Å²) in [5.74, 6) is 5.59. The van der Waals surface area contributed by atoms with Crippen LogP contribution in [0.2, 0.25) is 0 Å². The fourth-order valence-corrected chi connectivity index (χ4v) is 2.76. The molecule has 24 heavy (non-hydrogen) atoms.